The number of likely N-dealkylation sites (N-methyl/N-ethyl adjacent to an activating group) is 1. The number of hydrogen-bond donors (Lipinski definition) is 2. The number of rotatable bonds is 15. The van der Waals surface area contributed by atoms with Gasteiger partial charge in [0.05, 0.1) is 39.9 Å². The van der Waals surface area contributed by atoms with Gasteiger partial charge in [0, 0.05) is 18.7 Å². The van der Waals surface area contributed by atoms with Crippen molar-refractivity contribution in [3.63, 3.8) is 0 Å². The molecule has 0 heterocycles. The van der Waals surface area contributed by atoms with Gasteiger partial charge in [-0.2, -0.15) is 5.26 Å². The van der Waals surface area contributed by atoms with E-state index >= 15 is 0 Å². The summed E-state index contributed by atoms with van der Waals surface area (Å²) in [6.07, 6.45) is 3.73. The van der Waals surface area contributed by atoms with Crippen molar-refractivity contribution in [2.45, 2.75) is 38.5 Å². The third-order valence-electron chi connectivity index (χ3n) is 6.79. The van der Waals surface area contributed by atoms with E-state index in [4.69, 9.17) is 29.2 Å². The van der Waals surface area contributed by atoms with Crippen LogP contribution < -0.4 is 18.9 Å². The van der Waals surface area contributed by atoms with Gasteiger partial charge in [-0.1, -0.05) is 26.0 Å². The number of carboxylic acid groups (broad SMARTS) is 2. The number of carboxylic acids is 2. The van der Waals surface area contributed by atoms with Crippen molar-refractivity contribution in [1.29, 1.82) is 5.26 Å². The molecule has 2 aromatic rings. The van der Waals surface area contributed by atoms with Gasteiger partial charge in [0.1, 0.15) is 0 Å². The second-order valence-electron chi connectivity index (χ2n) is 9.66. The van der Waals surface area contributed by atoms with Gasteiger partial charge in [-0.25, -0.2) is 9.59 Å². The first-order valence-electron chi connectivity index (χ1n) is 13.1. The zero-order valence-electron chi connectivity index (χ0n) is 25.0. The van der Waals surface area contributed by atoms with Crippen molar-refractivity contribution < 1.29 is 38.7 Å². The third kappa shape index (κ3) is 10.7. The van der Waals surface area contributed by atoms with Crippen LogP contribution in [0.2, 0.25) is 0 Å². The highest BCUT2D eigenvalue weighted by Gasteiger charge is 2.36. The maximum atomic E-state index is 10.2. The van der Waals surface area contributed by atoms with Gasteiger partial charge >= 0.3 is 11.9 Å². The zero-order chi connectivity index (χ0) is 31.0. The van der Waals surface area contributed by atoms with Crippen LogP contribution in [0.4, 0.5) is 0 Å². The Morgan fingerprint density at radius 3 is 1.85 bits per heavy atom. The average Bonchev–Trinajstić information content (AvgIpc) is 2.96. The quantitative estimate of drug-likeness (QED) is 0.287. The lowest BCUT2D eigenvalue weighted by atomic mass is 9.69. The third-order valence-corrected chi connectivity index (χ3v) is 6.79. The van der Waals surface area contributed by atoms with Gasteiger partial charge < -0.3 is 34.1 Å². The van der Waals surface area contributed by atoms with E-state index in [2.05, 4.69) is 37.9 Å². The van der Waals surface area contributed by atoms with Crippen LogP contribution in [-0.4, -0.2) is 75.6 Å². The highest BCUT2D eigenvalue weighted by Crippen LogP contribution is 2.40. The highest BCUT2D eigenvalue weighted by molar-refractivity contribution is 5.89. The molecule has 0 aromatic heterocycles. The van der Waals surface area contributed by atoms with Crippen LogP contribution in [0.25, 0.3) is 0 Å². The summed E-state index contributed by atoms with van der Waals surface area (Å²) in [6.45, 7) is 6.06. The lowest BCUT2D eigenvalue weighted by molar-refractivity contribution is -0.134. The number of methoxy groups -OCH3 is 4. The first-order valence-corrected chi connectivity index (χ1v) is 13.1. The Morgan fingerprint density at radius 1 is 0.878 bits per heavy atom. The molecule has 0 amide bonds. The molecule has 10 heteroatoms. The van der Waals surface area contributed by atoms with Gasteiger partial charge in [-0.05, 0) is 74.2 Å². The summed E-state index contributed by atoms with van der Waals surface area (Å²) < 4.78 is 21.6. The number of ether oxygens (including phenoxy) is 4. The fourth-order valence-electron chi connectivity index (χ4n) is 4.37. The second-order valence-corrected chi connectivity index (χ2v) is 9.66. The molecule has 41 heavy (non-hydrogen) atoms. The van der Waals surface area contributed by atoms with E-state index in [-0.39, 0.29) is 5.92 Å². The summed E-state index contributed by atoms with van der Waals surface area (Å²) in [4.78, 5) is 21.4. The van der Waals surface area contributed by atoms with Gasteiger partial charge in [0.15, 0.2) is 23.0 Å². The molecule has 0 unspecified atom stereocenters. The summed E-state index contributed by atoms with van der Waals surface area (Å²) in [5.41, 5.74) is 1.60. The minimum absolute atomic E-state index is 0.165. The number of nitrogens with zero attached hydrogens (tertiary/aromatic N) is 2. The molecule has 0 bridgehead atoms. The standard InChI is InChI=1S/C27H38N2O4.C4H4O4/c1-20(2)27(19-28,22-10-12-24(31-5)26(18-22)33-7)14-8-15-29(3)16-13-21-9-11-23(30-4)25(17-21)32-6;5-3(6)1-2-4(7)8/h9-12,17-18,20H,8,13-16H2,1-7H3;1-2H,(H,5,6)(H,7,8)/b;2-1-/t27-;/m0./s1. The van der Waals surface area contributed by atoms with Crippen molar-refractivity contribution in [2.24, 2.45) is 5.92 Å². The van der Waals surface area contributed by atoms with Crippen molar-refractivity contribution in [3.05, 3.63) is 59.7 Å². The van der Waals surface area contributed by atoms with Gasteiger partial charge in [-0.3, -0.25) is 0 Å². The molecule has 0 fully saturated rings. The number of aliphatic carboxylic acids is 2. The normalized spacial score (nSPS) is 12.2. The van der Waals surface area contributed by atoms with Gasteiger partial charge in [0.25, 0.3) is 0 Å². The van der Waals surface area contributed by atoms with Crippen LogP contribution in [0, 0.1) is 17.2 Å². The van der Waals surface area contributed by atoms with Crippen LogP contribution in [0.5, 0.6) is 23.0 Å². The molecule has 2 N–H and O–H groups in total. The zero-order valence-corrected chi connectivity index (χ0v) is 25.0. The largest absolute Gasteiger partial charge is 0.493 e. The van der Waals surface area contributed by atoms with Crippen molar-refractivity contribution in [3.8, 4) is 29.1 Å². The van der Waals surface area contributed by atoms with Crippen molar-refractivity contribution in [1.82, 2.24) is 4.90 Å². The molecule has 2 aromatic carbocycles. The molecule has 0 aliphatic rings. The topological polar surface area (TPSA) is 139 Å². The van der Waals surface area contributed by atoms with Crippen LogP contribution in [0.15, 0.2) is 48.6 Å². The Balaban J connectivity index is 0.000000915. The fraction of sp³-hybridized carbons (Fsp3) is 0.452. The average molecular weight is 571 g/mol. The summed E-state index contributed by atoms with van der Waals surface area (Å²) in [5, 5.41) is 25.9. The SMILES string of the molecule is COc1ccc(CCN(C)CCC[C@@](C#N)(c2ccc(OC)c(OC)c2)C(C)C)cc1OC.O=C(O)/C=C\C(=O)O. The summed E-state index contributed by atoms with van der Waals surface area (Å²) in [5.74, 6) is 0.473. The Bertz CT molecular complexity index is 1190. The maximum absolute atomic E-state index is 10.2. The molecular formula is C31H42N2O8. The molecular weight excluding hydrogens is 528 g/mol. The van der Waals surface area contributed by atoms with E-state index in [1.165, 1.54) is 5.56 Å². The molecule has 224 valence electrons. The van der Waals surface area contributed by atoms with Crippen molar-refractivity contribution in [2.75, 3.05) is 48.6 Å². The van der Waals surface area contributed by atoms with E-state index in [1.54, 1.807) is 28.4 Å². The molecule has 0 saturated heterocycles. The Hall–Kier alpha value is -4.23. The maximum Gasteiger partial charge on any atom is 0.328 e. The molecule has 1 atom stereocenters. The lowest BCUT2D eigenvalue weighted by Crippen LogP contribution is -2.32. The van der Waals surface area contributed by atoms with E-state index < -0.39 is 17.4 Å². The fourth-order valence-corrected chi connectivity index (χ4v) is 4.37. The van der Waals surface area contributed by atoms with Crippen LogP contribution >= 0.6 is 0 Å². The molecule has 2 rings (SSSR count). The Kier molecular flexibility index (Phi) is 14.8. The van der Waals surface area contributed by atoms with Crippen LogP contribution in [0.1, 0.15) is 37.8 Å². The van der Waals surface area contributed by atoms with Gasteiger partial charge in [-0.15, -0.1) is 0 Å². The lowest BCUT2D eigenvalue weighted by Gasteiger charge is -2.32. The van der Waals surface area contributed by atoms with E-state index in [0.717, 1.165) is 49.4 Å². The Morgan fingerprint density at radius 2 is 1.39 bits per heavy atom. The second kappa shape index (κ2) is 17.5. The van der Waals surface area contributed by atoms with Crippen molar-refractivity contribution >= 4 is 11.9 Å². The highest BCUT2D eigenvalue weighted by atomic mass is 16.5. The number of hydrogen-bond acceptors (Lipinski definition) is 8. The number of nitriles is 1. The molecule has 0 aliphatic heterocycles. The number of benzene rings is 2. The first-order chi connectivity index (χ1) is 19.5. The first kappa shape index (κ1) is 34.8. The summed E-state index contributed by atoms with van der Waals surface area (Å²) in [6, 6.07) is 14.5. The molecule has 0 saturated carbocycles. The predicted octanol–water partition coefficient (Wildman–Crippen LogP) is 4.80. The monoisotopic (exact) mass is 570 g/mol. The smallest absolute Gasteiger partial charge is 0.328 e. The molecule has 10 nitrogen and oxygen atoms in total. The number of carbonyl (C=O) groups is 2. The Labute approximate surface area is 242 Å². The molecule has 0 aliphatic carbocycles. The van der Waals surface area contributed by atoms with E-state index in [1.807, 2.05) is 30.3 Å². The predicted molar refractivity (Wildman–Crippen MR) is 156 cm³/mol. The molecule has 0 spiro atoms. The van der Waals surface area contributed by atoms with Crippen LogP contribution in [-0.2, 0) is 21.4 Å². The minimum Gasteiger partial charge on any atom is -0.493 e. The summed E-state index contributed by atoms with van der Waals surface area (Å²) >= 11 is 0. The van der Waals surface area contributed by atoms with Gasteiger partial charge in [0.2, 0.25) is 0 Å². The van der Waals surface area contributed by atoms with E-state index in [0.29, 0.717) is 23.7 Å². The van der Waals surface area contributed by atoms with E-state index in [9.17, 15) is 14.9 Å². The summed E-state index contributed by atoms with van der Waals surface area (Å²) in [7, 11) is 8.67. The molecule has 0 radical (unpaired) electrons. The minimum atomic E-state index is -1.26. The van der Waals surface area contributed by atoms with Crippen LogP contribution in [0.3, 0.4) is 0 Å².